The van der Waals surface area contributed by atoms with E-state index >= 15 is 0 Å². The Bertz CT molecular complexity index is 1460. The molecule has 0 saturated heterocycles. The molecule has 1 heterocycles. The lowest BCUT2D eigenvalue weighted by atomic mass is 10.0. The smallest absolute Gasteiger partial charge is 0.326 e. The first kappa shape index (κ1) is 25.1. The van der Waals surface area contributed by atoms with Gasteiger partial charge in [0.2, 0.25) is 9.84 Å². The Labute approximate surface area is 213 Å². The Balaban J connectivity index is 1.94. The van der Waals surface area contributed by atoms with Gasteiger partial charge in [-0.1, -0.05) is 61.2 Å². The number of unbranched alkanes of at least 4 members (excludes halogenated alkanes) is 1. The Kier molecular flexibility index (Phi) is 7.40. The predicted molar refractivity (Wildman–Crippen MR) is 138 cm³/mol. The number of carboxylic acids is 1. The maximum Gasteiger partial charge on any atom is 0.326 e. The molecule has 0 aliphatic rings. The van der Waals surface area contributed by atoms with E-state index in [0.29, 0.717) is 29.4 Å². The molecule has 9 heteroatoms. The van der Waals surface area contributed by atoms with E-state index in [-0.39, 0.29) is 25.5 Å². The molecule has 0 fully saturated rings. The molecular weight excluding hydrogens is 509 g/mol. The summed E-state index contributed by atoms with van der Waals surface area (Å²) in [5.74, 6) is -0.411. The van der Waals surface area contributed by atoms with Crippen molar-refractivity contribution in [3.05, 3.63) is 77.0 Å². The molecule has 2 N–H and O–H groups in total. The third-order valence-corrected chi connectivity index (χ3v) is 7.94. The van der Waals surface area contributed by atoms with Crippen molar-refractivity contribution in [2.75, 3.05) is 5.32 Å². The van der Waals surface area contributed by atoms with Crippen LogP contribution in [0.1, 0.15) is 26.2 Å². The Morgan fingerprint density at radius 2 is 1.80 bits per heavy atom. The fraction of sp³-hybridized carbons (Fsp3) is 0.192. The largest absolute Gasteiger partial charge is 0.480 e. The fourth-order valence-corrected chi connectivity index (χ4v) is 6.30. The van der Waals surface area contributed by atoms with Crippen molar-refractivity contribution in [2.45, 2.75) is 42.0 Å². The summed E-state index contributed by atoms with van der Waals surface area (Å²) in [5.41, 5.74) is 0.978. The van der Waals surface area contributed by atoms with Crippen LogP contribution in [0.4, 0.5) is 5.69 Å². The quantitative estimate of drug-likeness (QED) is 0.235. The highest BCUT2D eigenvalue weighted by atomic mass is 35.5. The van der Waals surface area contributed by atoms with Crippen molar-refractivity contribution in [2.24, 2.45) is 0 Å². The monoisotopic (exact) mass is 531 g/mol. The average Bonchev–Trinajstić information content (AvgIpc) is 3.35. The van der Waals surface area contributed by atoms with E-state index in [9.17, 15) is 18.3 Å². The van der Waals surface area contributed by atoms with Gasteiger partial charge in [0.15, 0.2) is 0 Å². The summed E-state index contributed by atoms with van der Waals surface area (Å²) in [6, 6.07) is 15.4. The van der Waals surface area contributed by atoms with E-state index < -0.39 is 21.8 Å². The van der Waals surface area contributed by atoms with Gasteiger partial charge in [0.1, 0.15) is 16.7 Å². The van der Waals surface area contributed by atoms with Gasteiger partial charge in [-0.3, -0.25) is 0 Å². The van der Waals surface area contributed by atoms with E-state index in [2.05, 4.69) is 5.32 Å². The number of carbonyl (C=O) groups is 1. The zero-order valence-corrected chi connectivity index (χ0v) is 21.1. The molecule has 3 aromatic carbocycles. The van der Waals surface area contributed by atoms with Crippen LogP contribution < -0.4 is 5.32 Å². The molecule has 182 valence electrons. The fourth-order valence-electron chi connectivity index (χ4n) is 3.96. The predicted octanol–water partition coefficient (Wildman–Crippen LogP) is 7.29. The number of nitrogens with one attached hydrogen (secondary N) is 1. The number of benzene rings is 3. The number of aliphatic carboxylic acids is 1. The topological polar surface area (TPSA) is 96.6 Å². The number of hydrogen-bond acceptors (Lipinski definition) is 5. The number of fused-ring (bicyclic) bond motifs is 1. The molecule has 0 aliphatic heterocycles. The molecule has 1 aromatic heterocycles. The first-order valence-corrected chi connectivity index (χ1v) is 13.3. The molecule has 0 amide bonds. The van der Waals surface area contributed by atoms with Crippen molar-refractivity contribution >= 4 is 55.5 Å². The number of carboxylic acid groups (broad SMARTS) is 1. The zero-order chi connectivity index (χ0) is 25.2. The van der Waals surface area contributed by atoms with Gasteiger partial charge in [0, 0.05) is 21.0 Å². The molecule has 4 rings (SSSR count). The van der Waals surface area contributed by atoms with E-state index in [1.54, 1.807) is 36.6 Å². The maximum absolute atomic E-state index is 13.9. The average molecular weight is 532 g/mol. The zero-order valence-electron chi connectivity index (χ0n) is 18.8. The van der Waals surface area contributed by atoms with Crippen LogP contribution >= 0.6 is 23.2 Å². The molecule has 0 saturated carbocycles. The minimum absolute atomic E-state index is 0.0397. The Morgan fingerprint density at radius 1 is 1.06 bits per heavy atom. The first-order chi connectivity index (χ1) is 16.7. The van der Waals surface area contributed by atoms with Gasteiger partial charge in [0.25, 0.3) is 0 Å². The SMILES string of the molecule is CCCCC(Nc1ccc2cc(-c3ccco3)ccc2c1S(=O)(=O)c1cc(Cl)cc(Cl)c1)C(=O)O. The third-order valence-electron chi connectivity index (χ3n) is 5.67. The van der Waals surface area contributed by atoms with Gasteiger partial charge >= 0.3 is 5.97 Å². The molecule has 0 radical (unpaired) electrons. The number of hydrogen-bond donors (Lipinski definition) is 2. The van der Waals surface area contributed by atoms with Gasteiger partial charge in [-0.2, -0.15) is 0 Å². The highest BCUT2D eigenvalue weighted by molar-refractivity contribution is 7.92. The van der Waals surface area contributed by atoms with E-state index in [4.69, 9.17) is 27.6 Å². The van der Waals surface area contributed by atoms with Crippen LogP contribution in [0.3, 0.4) is 0 Å². The van der Waals surface area contributed by atoms with Gasteiger partial charge in [-0.05, 0) is 54.3 Å². The summed E-state index contributed by atoms with van der Waals surface area (Å²) in [4.78, 5) is 11.8. The van der Waals surface area contributed by atoms with Gasteiger partial charge < -0.3 is 14.8 Å². The number of furan rings is 1. The summed E-state index contributed by atoms with van der Waals surface area (Å²) in [7, 11) is -4.15. The third kappa shape index (κ3) is 5.32. The minimum atomic E-state index is -4.15. The molecule has 0 aliphatic carbocycles. The minimum Gasteiger partial charge on any atom is -0.480 e. The van der Waals surface area contributed by atoms with Crippen LogP contribution in [-0.2, 0) is 14.6 Å². The lowest BCUT2D eigenvalue weighted by Crippen LogP contribution is -2.30. The maximum atomic E-state index is 13.9. The van der Waals surface area contributed by atoms with Crippen LogP contribution in [0.2, 0.25) is 10.0 Å². The standard InChI is InChI=1S/C26H23Cl2NO5S/c1-2-3-5-23(26(30)31)29-22-10-8-16-12-17(24-6-4-11-34-24)7-9-21(16)25(22)35(32,33)20-14-18(27)13-19(28)15-20/h4,6-15,23,29H,2-3,5H2,1H3,(H,30,31). The van der Waals surface area contributed by atoms with Crippen LogP contribution in [0, 0.1) is 0 Å². The van der Waals surface area contributed by atoms with E-state index in [0.717, 1.165) is 12.0 Å². The molecule has 0 spiro atoms. The number of anilines is 1. The van der Waals surface area contributed by atoms with Crippen LogP contribution in [-0.4, -0.2) is 25.5 Å². The normalized spacial score (nSPS) is 12.5. The summed E-state index contributed by atoms with van der Waals surface area (Å²) >= 11 is 12.2. The number of sulfone groups is 1. The van der Waals surface area contributed by atoms with Crippen molar-refractivity contribution in [1.29, 1.82) is 0 Å². The molecule has 4 aromatic rings. The first-order valence-electron chi connectivity index (χ1n) is 11.0. The van der Waals surface area contributed by atoms with E-state index in [1.165, 1.54) is 18.2 Å². The Morgan fingerprint density at radius 3 is 2.43 bits per heavy atom. The second-order valence-electron chi connectivity index (χ2n) is 8.14. The van der Waals surface area contributed by atoms with Crippen LogP contribution in [0.25, 0.3) is 22.1 Å². The van der Waals surface area contributed by atoms with Crippen molar-refractivity contribution < 1.29 is 22.7 Å². The lowest BCUT2D eigenvalue weighted by molar-refractivity contribution is -0.138. The summed E-state index contributed by atoms with van der Waals surface area (Å²) < 4.78 is 33.3. The Hall–Kier alpha value is -3.00. The molecule has 1 unspecified atom stereocenters. The molecule has 1 atom stereocenters. The molecule has 6 nitrogen and oxygen atoms in total. The van der Waals surface area contributed by atoms with Crippen LogP contribution in [0.15, 0.2) is 81.1 Å². The lowest BCUT2D eigenvalue weighted by Gasteiger charge is -2.20. The second kappa shape index (κ2) is 10.3. The highest BCUT2D eigenvalue weighted by Crippen LogP contribution is 2.38. The summed E-state index contributed by atoms with van der Waals surface area (Å²) in [6.45, 7) is 1.96. The van der Waals surface area contributed by atoms with Crippen LogP contribution in [0.5, 0.6) is 0 Å². The molecule has 0 bridgehead atoms. The van der Waals surface area contributed by atoms with Crippen molar-refractivity contribution in [3.8, 4) is 11.3 Å². The summed E-state index contributed by atoms with van der Waals surface area (Å²) in [6.07, 6.45) is 3.40. The van der Waals surface area contributed by atoms with E-state index in [1.807, 2.05) is 19.1 Å². The molecular formula is C26H23Cl2NO5S. The summed E-state index contributed by atoms with van der Waals surface area (Å²) in [5, 5.41) is 14.1. The highest BCUT2D eigenvalue weighted by Gasteiger charge is 2.28. The molecule has 35 heavy (non-hydrogen) atoms. The number of halogens is 2. The van der Waals surface area contributed by atoms with Crippen molar-refractivity contribution in [1.82, 2.24) is 0 Å². The van der Waals surface area contributed by atoms with Gasteiger partial charge in [-0.25, -0.2) is 13.2 Å². The van der Waals surface area contributed by atoms with Gasteiger partial charge in [-0.15, -0.1) is 0 Å². The van der Waals surface area contributed by atoms with Crippen molar-refractivity contribution in [3.63, 3.8) is 0 Å². The van der Waals surface area contributed by atoms with Gasteiger partial charge in [0.05, 0.1) is 16.8 Å². The second-order valence-corrected chi connectivity index (χ2v) is 10.9. The number of rotatable bonds is 9.